The molecule has 0 N–H and O–H groups in total. The molecule has 1 rings (SSSR count). The molecule has 0 spiro atoms. The molecule has 13 heavy (non-hydrogen) atoms. The van der Waals surface area contributed by atoms with Crippen LogP contribution in [-0.2, 0) is 4.79 Å². The molecule has 0 saturated carbocycles. The fraction of sp³-hybridized carbons (Fsp3) is 0.300. The molecule has 0 radical (unpaired) electrons. The van der Waals surface area contributed by atoms with Gasteiger partial charge in [0.1, 0.15) is 0 Å². The lowest BCUT2D eigenvalue weighted by Crippen LogP contribution is -2.18. The van der Waals surface area contributed by atoms with Crippen molar-refractivity contribution in [1.29, 1.82) is 0 Å². The maximum atomic E-state index is 11.3. The molecule has 0 unspecified atom stereocenters. The van der Waals surface area contributed by atoms with E-state index in [2.05, 4.69) is 0 Å². The standard InChI is InChI=1S/C10H13NO.ClH/c1-2-7-10(12)11-8-5-3-4-6-9-11;/h3-6,8-9H,2,7H2,1H3;1H. The van der Waals surface area contributed by atoms with Gasteiger partial charge in [-0.05, 0) is 18.6 Å². The molecule has 0 fully saturated rings. The Morgan fingerprint density at radius 3 is 2.15 bits per heavy atom. The summed E-state index contributed by atoms with van der Waals surface area (Å²) in [5.41, 5.74) is 0. The Hall–Kier alpha value is -1.02. The molecule has 3 heteroatoms. The largest absolute Gasteiger partial charge is 0.295 e. The van der Waals surface area contributed by atoms with Gasteiger partial charge in [0.15, 0.2) is 0 Å². The zero-order valence-corrected chi connectivity index (χ0v) is 8.46. The molecule has 1 aliphatic heterocycles. The summed E-state index contributed by atoms with van der Waals surface area (Å²) >= 11 is 0. The molecule has 0 bridgehead atoms. The molecule has 1 amide bonds. The Morgan fingerprint density at radius 2 is 1.69 bits per heavy atom. The van der Waals surface area contributed by atoms with E-state index in [0.717, 1.165) is 6.42 Å². The topological polar surface area (TPSA) is 20.3 Å². The average Bonchev–Trinajstić information content (AvgIpc) is 2.32. The van der Waals surface area contributed by atoms with Crippen LogP contribution >= 0.6 is 12.4 Å². The molecule has 0 saturated heterocycles. The highest BCUT2D eigenvalue weighted by Crippen LogP contribution is 2.02. The molecule has 0 atom stereocenters. The molecule has 0 aliphatic carbocycles. The van der Waals surface area contributed by atoms with E-state index in [1.54, 1.807) is 17.3 Å². The first-order valence-electron chi connectivity index (χ1n) is 4.17. The molecular weight excluding hydrogens is 186 g/mol. The number of halogens is 1. The van der Waals surface area contributed by atoms with E-state index in [9.17, 15) is 4.79 Å². The van der Waals surface area contributed by atoms with Crippen molar-refractivity contribution in [2.75, 3.05) is 0 Å². The summed E-state index contributed by atoms with van der Waals surface area (Å²) in [5, 5.41) is 0. The van der Waals surface area contributed by atoms with Gasteiger partial charge in [-0.1, -0.05) is 19.1 Å². The second-order valence-electron chi connectivity index (χ2n) is 2.62. The predicted molar refractivity (Wildman–Crippen MR) is 56.4 cm³/mol. The van der Waals surface area contributed by atoms with Crippen LogP contribution in [-0.4, -0.2) is 10.8 Å². The Kier molecular flexibility index (Phi) is 5.98. The van der Waals surface area contributed by atoms with E-state index in [0.29, 0.717) is 6.42 Å². The zero-order valence-electron chi connectivity index (χ0n) is 7.64. The first-order chi connectivity index (χ1) is 5.84. The highest BCUT2D eigenvalue weighted by atomic mass is 35.5. The molecule has 0 aromatic rings. The number of allylic oxidation sites excluding steroid dienone is 4. The van der Waals surface area contributed by atoms with Crippen LogP contribution in [0.2, 0.25) is 0 Å². The third-order valence-electron chi connectivity index (χ3n) is 1.58. The van der Waals surface area contributed by atoms with Crippen LogP contribution < -0.4 is 0 Å². The van der Waals surface area contributed by atoms with Crippen molar-refractivity contribution >= 4 is 18.3 Å². The molecule has 1 aliphatic rings. The fourth-order valence-electron chi connectivity index (χ4n) is 0.972. The van der Waals surface area contributed by atoms with Gasteiger partial charge in [0.25, 0.3) is 0 Å². The third kappa shape index (κ3) is 3.95. The third-order valence-corrected chi connectivity index (χ3v) is 1.58. The summed E-state index contributed by atoms with van der Waals surface area (Å²) in [6, 6.07) is 0. The average molecular weight is 200 g/mol. The summed E-state index contributed by atoms with van der Waals surface area (Å²) in [6.45, 7) is 2.00. The lowest BCUT2D eigenvalue weighted by molar-refractivity contribution is -0.126. The van der Waals surface area contributed by atoms with Gasteiger partial charge in [-0.2, -0.15) is 0 Å². The number of hydrogen-bond donors (Lipinski definition) is 0. The second kappa shape index (κ2) is 6.49. The van der Waals surface area contributed by atoms with E-state index >= 15 is 0 Å². The van der Waals surface area contributed by atoms with Gasteiger partial charge >= 0.3 is 0 Å². The van der Waals surface area contributed by atoms with Crippen molar-refractivity contribution in [2.45, 2.75) is 19.8 Å². The summed E-state index contributed by atoms with van der Waals surface area (Å²) < 4.78 is 0. The Morgan fingerprint density at radius 1 is 1.15 bits per heavy atom. The first kappa shape index (κ1) is 12.0. The molecule has 72 valence electrons. The predicted octanol–water partition coefficient (Wildman–Crippen LogP) is 2.63. The summed E-state index contributed by atoms with van der Waals surface area (Å²) in [7, 11) is 0. The van der Waals surface area contributed by atoms with E-state index in [1.807, 2.05) is 31.2 Å². The van der Waals surface area contributed by atoms with Crippen LogP contribution in [0.1, 0.15) is 19.8 Å². The smallest absolute Gasteiger partial charge is 0.230 e. The highest BCUT2D eigenvalue weighted by molar-refractivity contribution is 5.85. The molecule has 2 nitrogen and oxygen atoms in total. The van der Waals surface area contributed by atoms with Crippen LogP contribution in [0.15, 0.2) is 36.7 Å². The quantitative estimate of drug-likeness (QED) is 0.670. The van der Waals surface area contributed by atoms with Crippen LogP contribution in [0.5, 0.6) is 0 Å². The van der Waals surface area contributed by atoms with Gasteiger partial charge in [-0.15, -0.1) is 12.4 Å². The minimum absolute atomic E-state index is 0. The SMILES string of the molecule is CCCC(=O)N1C=CC=CC=C1.Cl. The minimum Gasteiger partial charge on any atom is -0.295 e. The van der Waals surface area contributed by atoms with Gasteiger partial charge < -0.3 is 0 Å². The maximum absolute atomic E-state index is 11.3. The van der Waals surface area contributed by atoms with Crippen molar-refractivity contribution in [3.05, 3.63) is 36.7 Å². The van der Waals surface area contributed by atoms with Gasteiger partial charge in [0.05, 0.1) is 0 Å². The van der Waals surface area contributed by atoms with Crippen molar-refractivity contribution in [3.8, 4) is 0 Å². The normalized spacial score (nSPS) is 13.8. The van der Waals surface area contributed by atoms with Crippen molar-refractivity contribution in [2.24, 2.45) is 0 Å². The highest BCUT2D eigenvalue weighted by Gasteiger charge is 2.05. The molecular formula is C10H14ClNO. The number of rotatable bonds is 2. The van der Waals surface area contributed by atoms with Gasteiger partial charge in [-0.3, -0.25) is 9.69 Å². The van der Waals surface area contributed by atoms with Crippen LogP contribution in [0.3, 0.4) is 0 Å². The van der Waals surface area contributed by atoms with Gasteiger partial charge in [0.2, 0.25) is 5.91 Å². The van der Waals surface area contributed by atoms with Crippen molar-refractivity contribution < 1.29 is 4.79 Å². The summed E-state index contributed by atoms with van der Waals surface area (Å²) in [5.74, 6) is 0.147. The monoisotopic (exact) mass is 199 g/mol. The number of carbonyl (C=O) groups is 1. The molecule has 1 heterocycles. The maximum Gasteiger partial charge on any atom is 0.230 e. The second-order valence-corrected chi connectivity index (χ2v) is 2.62. The first-order valence-corrected chi connectivity index (χ1v) is 4.17. The molecule has 0 aromatic carbocycles. The van der Waals surface area contributed by atoms with Gasteiger partial charge in [-0.25, -0.2) is 0 Å². The zero-order chi connectivity index (χ0) is 8.81. The fourth-order valence-corrected chi connectivity index (χ4v) is 0.972. The minimum atomic E-state index is 0. The van der Waals surface area contributed by atoms with Crippen LogP contribution in [0.25, 0.3) is 0 Å². The Balaban J connectivity index is 0.00000144. The lowest BCUT2D eigenvalue weighted by atomic mass is 10.3. The summed E-state index contributed by atoms with van der Waals surface area (Å²) in [6.07, 6.45) is 12.6. The van der Waals surface area contributed by atoms with Crippen LogP contribution in [0, 0.1) is 0 Å². The van der Waals surface area contributed by atoms with E-state index in [-0.39, 0.29) is 18.3 Å². The Bertz CT molecular complexity index is 227. The van der Waals surface area contributed by atoms with Gasteiger partial charge in [0, 0.05) is 18.8 Å². The van der Waals surface area contributed by atoms with Crippen LogP contribution in [0.4, 0.5) is 0 Å². The van der Waals surface area contributed by atoms with E-state index < -0.39 is 0 Å². The summed E-state index contributed by atoms with van der Waals surface area (Å²) in [4.78, 5) is 13.0. The van der Waals surface area contributed by atoms with E-state index in [4.69, 9.17) is 0 Å². The van der Waals surface area contributed by atoms with Crippen molar-refractivity contribution in [1.82, 2.24) is 4.90 Å². The molecule has 0 aromatic heterocycles. The number of amides is 1. The number of carbonyl (C=O) groups excluding carboxylic acids is 1. The van der Waals surface area contributed by atoms with Crippen molar-refractivity contribution in [3.63, 3.8) is 0 Å². The van der Waals surface area contributed by atoms with E-state index in [1.165, 1.54) is 0 Å². The number of hydrogen-bond acceptors (Lipinski definition) is 1. The lowest BCUT2D eigenvalue weighted by Gasteiger charge is -2.11. The number of nitrogens with zero attached hydrogens (tertiary/aromatic N) is 1. The Labute approximate surface area is 85.0 Å².